The maximum Gasteiger partial charge on any atom is 0.342 e. The lowest BCUT2D eigenvalue weighted by Gasteiger charge is -2.19. The Hall–Kier alpha value is -4.42. The van der Waals surface area contributed by atoms with Gasteiger partial charge in [0.1, 0.15) is 31.1 Å². The molecule has 13 nitrogen and oxygen atoms in total. The van der Waals surface area contributed by atoms with E-state index in [-0.39, 0.29) is 82.0 Å². The summed E-state index contributed by atoms with van der Waals surface area (Å²) in [5.74, 6) is -2.60. The molecule has 0 aliphatic carbocycles. The van der Waals surface area contributed by atoms with Gasteiger partial charge in [-0.05, 0) is 51.5 Å². The van der Waals surface area contributed by atoms with Crippen molar-refractivity contribution < 1.29 is 61.9 Å². The molecule has 1 aromatic carbocycles. The van der Waals surface area contributed by atoms with Gasteiger partial charge in [-0.25, -0.2) is 4.79 Å². The van der Waals surface area contributed by atoms with Crippen molar-refractivity contribution in [2.75, 3.05) is 27.4 Å². The number of unbranched alkanes of at least 4 members (excludes halogenated alkanes) is 24. The number of esters is 6. The highest BCUT2D eigenvalue weighted by atomic mass is 16.6. The number of allylic oxidation sites excluding steroid dienone is 2. The predicted molar refractivity (Wildman–Crippen MR) is 277 cm³/mol. The van der Waals surface area contributed by atoms with Gasteiger partial charge in [-0.3, -0.25) is 24.0 Å². The molecular formula is C58H94O13. The molecule has 0 radical (unpaired) electrons. The summed E-state index contributed by atoms with van der Waals surface area (Å²) in [4.78, 5) is 76.8. The molecule has 0 fully saturated rings. The molecule has 1 heterocycles. The first-order valence-corrected chi connectivity index (χ1v) is 27.8. The zero-order valence-corrected chi connectivity index (χ0v) is 45.1. The number of cyclic esters (lactones) is 1. The fourth-order valence-electron chi connectivity index (χ4n) is 8.90. The summed E-state index contributed by atoms with van der Waals surface area (Å²) in [6.45, 7) is 7.66. The summed E-state index contributed by atoms with van der Waals surface area (Å²) in [5, 5.41) is 0. The first kappa shape index (κ1) is 62.7. The van der Waals surface area contributed by atoms with Crippen LogP contribution in [-0.4, -0.2) is 69.4 Å². The number of fused-ring (bicyclic) bond motifs is 1. The summed E-state index contributed by atoms with van der Waals surface area (Å²) < 4.78 is 38.5. The molecule has 0 unspecified atom stereocenters. The summed E-state index contributed by atoms with van der Waals surface area (Å²) in [5.41, 5.74) is 2.78. The minimum Gasteiger partial charge on any atom is -0.496 e. The second-order valence-electron chi connectivity index (χ2n) is 19.5. The Morgan fingerprint density at radius 3 is 1.42 bits per heavy atom. The van der Waals surface area contributed by atoms with Crippen LogP contribution in [0, 0.1) is 6.92 Å². The fraction of sp³-hybridized carbons (Fsp3) is 0.759. The highest BCUT2D eigenvalue weighted by Crippen LogP contribution is 2.43. The zero-order chi connectivity index (χ0) is 51.9. The smallest absolute Gasteiger partial charge is 0.342 e. The van der Waals surface area contributed by atoms with Crippen molar-refractivity contribution in [3.8, 4) is 11.5 Å². The molecule has 1 aliphatic rings. The Bertz CT molecular complexity index is 1690. The average molecular weight is 999 g/mol. The Morgan fingerprint density at radius 1 is 0.535 bits per heavy atom. The van der Waals surface area contributed by atoms with Gasteiger partial charge < -0.3 is 33.2 Å². The Kier molecular flexibility index (Phi) is 35.4. The summed E-state index contributed by atoms with van der Waals surface area (Å²) in [6, 6.07) is 0. The van der Waals surface area contributed by atoms with E-state index < -0.39 is 36.0 Å². The average Bonchev–Trinajstić information content (AvgIpc) is 3.75. The van der Waals surface area contributed by atoms with Crippen molar-refractivity contribution in [3.05, 3.63) is 33.9 Å². The van der Waals surface area contributed by atoms with Gasteiger partial charge in [0, 0.05) is 43.2 Å². The molecule has 0 bridgehead atoms. The summed E-state index contributed by atoms with van der Waals surface area (Å²) >= 11 is 0. The number of methoxy groups -OCH3 is 2. The number of ether oxygens (including phenoxy) is 7. The Morgan fingerprint density at radius 2 is 0.972 bits per heavy atom. The van der Waals surface area contributed by atoms with Gasteiger partial charge in [0.15, 0.2) is 11.9 Å². The van der Waals surface area contributed by atoms with Crippen molar-refractivity contribution in [3.63, 3.8) is 0 Å². The van der Waals surface area contributed by atoms with Gasteiger partial charge in [0.05, 0.1) is 14.2 Å². The third-order valence-corrected chi connectivity index (χ3v) is 13.3. The highest BCUT2D eigenvalue weighted by molar-refractivity contribution is 5.99. The summed E-state index contributed by atoms with van der Waals surface area (Å²) in [7, 11) is 2.83. The van der Waals surface area contributed by atoms with E-state index in [9.17, 15) is 28.8 Å². The van der Waals surface area contributed by atoms with E-state index >= 15 is 0 Å². The van der Waals surface area contributed by atoms with Crippen molar-refractivity contribution in [2.24, 2.45) is 0 Å². The van der Waals surface area contributed by atoms with Gasteiger partial charge >= 0.3 is 35.8 Å². The number of benzene rings is 1. The van der Waals surface area contributed by atoms with Crippen LogP contribution in [-0.2, 0) is 60.7 Å². The standard InChI is InChI=1S/C58H94O13/c1-7-9-11-13-15-17-19-21-23-25-27-29-31-34-51(60)67-42-47(43-68-52(61)35-32-30-28-26-24-22-20-18-16-14-12-10-8-2)70-53(62)36-33-37-54(63)71-57-48(40-38-45(3)39-41-50(59)65-5)56(66-6)46(4)49-44-69-58(64)55(49)57/h38,47H,7-37,39-44H2,1-6H3/b45-38+. The molecule has 404 valence electrons. The normalized spacial score (nSPS) is 12.2. The maximum atomic E-state index is 13.4. The van der Waals surface area contributed by atoms with Crippen molar-refractivity contribution in [1.29, 1.82) is 0 Å². The van der Waals surface area contributed by atoms with Crippen LogP contribution >= 0.6 is 0 Å². The van der Waals surface area contributed by atoms with Crippen LogP contribution in [0.3, 0.4) is 0 Å². The number of hydrogen-bond donors (Lipinski definition) is 0. The Labute approximate surface area is 427 Å². The van der Waals surface area contributed by atoms with Gasteiger partial charge in [-0.2, -0.15) is 0 Å². The lowest BCUT2D eigenvalue weighted by molar-refractivity contribution is -0.167. The molecule has 0 N–H and O–H groups in total. The topological polar surface area (TPSA) is 167 Å². The number of carbonyl (C=O) groups excluding carboxylic acids is 6. The quantitative estimate of drug-likeness (QED) is 0.0199. The van der Waals surface area contributed by atoms with Crippen LogP contribution in [0.5, 0.6) is 11.5 Å². The van der Waals surface area contributed by atoms with E-state index in [1.165, 1.54) is 130 Å². The SMILES string of the molecule is CCCCCCCCCCCCCCCC(=O)OCC(COC(=O)CCCCCCCCCCCCCCC)OC(=O)CCCC(=O)Oc1c(C/C=C(\C)CCC(=O)OC)c(OC)c(C)c2c1C(=O)OC2. The monoisotopic (exact) mass is 999 g/mol. The van der Waals surface area contributed by atoms with Crippen LogP contribution < -0.4 is 9.47 Å². The number of hydrogen-bond acceptors (Lipinski definition) is 13. The molecule has 0 atom stereocenters. The number of carbonyl (C=O) groups is 6. The van der Waals surface area contributed by atoms with Crippen molar-refractivity contribution >= 4 is 35.8 Å². The van der Waals surface area contributed by atoms with E-state index in [4.69, 9.17) is 33.2 Å². The molecule has 0 saturated heterocycles. The molecule has 13 heteroatoms. The van der Waals surface area contributed by atoms with E-state index in [0.29, 0.717) is 41.7 Å². The third-order valence-electron chi connectivity index (χ3n) is 13.3. The lowest BCUT2D eigenvalue weighted by Crippen LogP contribution is -2.31. The van der Waals surface area contributed by atoms with E-state index in [1.807, 2.05) is 19.9 Å². The second kappa shape index (κ2) is 40.1. The van der Waals surface area contributed by atoms with Crippen LogP contribution in [0.15, 0.2) is 11.6 Å². The van der Waals surface area contributed by atoms with Crippen LogP contribution in [0.1, 0.15) is 260 Å². The molecule has 0 amide bonds. The van der Waals surface area contributed by atoms with Crippen LogP contribution in [0.2, 0.25) is 0 Å². The molecular weight excluding hydrogens is 905 g/mol. The molecule has 71 heavy (non-hydrogen) atoms. The van der Waals surface area contributed by atoms with Crippen molar-refractivity contribution in [2.45, 2.75) is 259 Å². The molecule has 0 saturated carbocycles. The predicted octanol–water partition coefficient (Wildman–Crippen LogP) is 14.2. The van der Waals surface area contributed by atoms with Crippen LogP contribution in [0.25, 0.3) is 0 Å². The molecule has 1 aromatic rings. The zero-order valence-electron chi connectivity index (χ0n) is 45.1. The van der Waals surface area contributed by atoms with Gasteiger partial charge in [0.25, 0.3) is 0 Å². The molecule has 0 aromatic heterocycles. The third kappa shape index (κ3) is 28.4. The fourth-order valence-corrected chi connectivity index (χ4v) is 8.90. The van der Waals surface area contributed by atoms with Gasteiger partial charge in [0.2, 0.25) is 0 Å². The minimum atomic E-state index is -1.01. The maximum absolute atomic E-state index is 13.4. The minimum absolute atomic E-state index is 0.00565. The lowest BCUT2D eigenvalue weighted by atomic mass is 9.94. The van der Waals surface area contributed by atoms with E-state index in [2.05, 4.69) is 13.8 Å². The van der Waals surface area contributed by atoms with Crippen LogP contribution in [0.4, 0.5) is 0 Å². The highest BCUT2D eigenvalue weighted by Gasteiger charge is 2.34. The van der Waals surface area contributed by atoms with E-state index in [0.717, 1.165) is 44.1 Å². The number of rotatable bonds is 44. The van der Waals surface area contributed by atoms with Gasteiger partial charge in [-0.15, -0.1) is 0 Å². The van der Waals surface area contributed by atoms with Gasteiger partial charge in [-0.1, -0.05) is 180 Å². The summed E-state index contributed by atoms with van der Waals surface area (Å²) in [6.07, 6.45) is 33.1. The first-order valence-electron chi connectivity index (χ1n) is 27.8. The first-order chi connectivity index (χ1) is 34.4. The Balaban J connectivity index is 1.92. The molecule has 1 aliphatic heterocycles. The van der Waals surface area contributed by atoms with E-state index in [1.54, 1.807) is 0 Å². The molecule has 2 rings (SSSR count). The van der Waals surface area contributed by atoms with Crippen molar-refractivity contribution in [1.82, 2.24) is 0 Å². The largest absolute Gasteiger partial charge is 0.496 e. The second-order valence-corrected chi connectivity index (χ2v) is 19.5. The molecule has 0 spiro atoms.